The van der Waals surface area contributed by atoms with Crippen LogP contribution in [0.5, 0.6) is 0 Å². The Labute approximate surface area is 155 Å². The molecule has 3 fully saturated rings. The van der Waals surface area contributed by atoms with Crippen LogP contribution >= 0.6 is 0 Å². The van der Waals surface area contributed by atoms with Gasteiger partial charge in [-0.1, -0.05) is 0 Å². The number of hydrogen-bond acceptors (Lipinski definition) is 5. The van der Waals surface area contributed by atoms with Crippen LogP contribution in [0.2, 0.25) is 0 Å². The van der Waals surface area contributed by atoms with Crippen molar-refractivity contribution >= 4 is 11.7 Å². The van der Waals surface area contributed by atoms with Gasteiger partial charge >= 0.3 is 0 Å². The molecule has 1 saturated carbocycles. The molecule has 0 bridgehead atoms. The topological polar surface area (TPSA) is 65.9 Å². The molecule has 4 rings (SSSR count). The van der Waals surface area contributed by atoms with Gasteiger partial charge in [0.05, 0.1) is 12.2 Å². The largest absolute Gasteiger partial charge is 0.392 e. The Morgan fingerprint density at radius 2 is 2.04 bits per heavy atom. The zero-order chi connectivity index (χ0) is 18.1. The quantitative estimate of drug-likeness (QED) is 0.892. The van der Waals surface area contributed by atoms with E-state index < -0.39 is 0 Å². The summed E-state index contributed by atoms with van der Waals surface area (Å²) in [5.41, 5.74) is 0.642. The summed E-state index contributed by atoms with van der Waals surface area (Å²) in [6, 6.07) is 3.74. The minimum Gasteiger partial charge on any atom is -0.392 e. The van der Waals surface area contributed by atoms with E-state index in [1.165, 1.54) is 0 Å². The molecule has 2 saturated heterocycles. The number of amides is 1. The number of hydrogen-bond donors (Lipinski definition) is 1. The Balaban J connectivity index is 1.43. The zero-order valence-electron chi connectivity index (χ0n) is 15.6. The Morgan fingerprint density at radius 3 is 2.69 bits per heavy atom. The molecule has 142 valence electrons. The zero-order valence-corrected chi connectivity index (χ0v) is 15.6. The Bertz CT molecular complexity index is 649. The Morgan fingerprint density at radius 1 is 1.31 bits per heavy atom. The van der Waals surface area contributed by atoms with E-state index in [0.717, 1.165) is 69.7 Å². The fraction of sp³-hybridized carbons (Fsp3) is 0.700. The van der Waals surface area contributed by atoms with Gasteiger partial charge in [0.15, 0.2) is 0 Å². The molecule has 26 heavy (non-hydrogen) atoms. The van der Waals surface area contributed by atoms with E-state index in [2.05, 4.69) is 9.88 Å². The van der Waals surface area contributed by atoms with Crippen molar-refractivity contribution in [3.05, 3.63) is 23.9 Å². The highest BCUT2D eigenvalue weighted by molar-refractivity contribution is 5.95. The van der Waals surface area contributed by atoms with Crippen LogP contribution in [0.25, 0.3) is 0 Å². The van der Waals surface area contributed by atoms with Crippen LogP contribution in [0.3, 0.4) is 0 Å². The maximum Gasteiger partial charge on any atom is 0.254 e. The van der Waals surface area contributed by atoms with Crippen LogP contribution in [0.1, 0.15) is 49.4 Å². The first-order valence-electron chi connectivity index (χ1n) is 9.94. The van der Waals surface area contributed by atoms with Crippen molar-refractivity contribution < 1.29 is 14.6 Å². The summed E-state index contributed by atoms with van der Waals surface area (Å²) in [5, 5.41) is 10.4. The average Bonchev–Trinajstić information content (AvgIpc) is 3.22. The lowest BCUT2D eigenvalue weighted by Gasteiger charge is -2.56. The van der Waals surface area contributed by atoms with E-state index in [-0.39, 0.29) is 23.5 Å². The first kappa shape index (κ1) is 17.7. The summed E-state index contributed by atoms with van der Waals surface area (Å²) >= 11 is 0. The molecule has 1 N–H and O–H groups in total. The number of nitrogens with zero attached hydrogens (tertiary/aromatic N) is 3. The molecule has 1 aliphatic carbocycles. The van der Waals surface area contributed by atoms with Crippen molar-refractivity contribution in [3.63, 3.8) is 0 Å². The van der Waals surface area contributed by atoms with Crippen LogP contribution < -0.4 is 4.90 Å². The fourth-order valence-electron chi connectivity index (χ4n) is 4.80. The molecular weight excluding hydrogens is 330 g/mol. The summed E-state index contributed by atoms with van der Waals surface area (Å²) in [6.45, 7) is 6.12. The number of carbonyl (C=O) groups is 1. The molecule has 2 aliphatic heterocycles. The van der Waals surface area contributed by atoms with E-state index in [1.54, 1.807) is 6.20 Å². The van der Waals surface area contributed by atoms with Gasteiger partial charge in [0.25, 0.3) is 5.91 Å². The van der Waals surface area contributed by atoms with Crippen LogP contribution in [-0.4, -0.2) is 65.9 Å². The van der Waals surface area contributed by atoms with Gasteiger partial charge in [0, 0.05) is 56.4 Å². The van der Waals surface area contributed by atoms with E-state index >= 15 is 0 Å². The highest BCUT2D eigenvalue weighted by Crippen LogP contribution is 2.51. The van der Waals surface area contributed by atoms with Gasteiger partial charge in [0.1, 0.15) is 5.82 Å². The first-order valence-corrected chi connectivity index (χ1v) is 9.94. The van der Waals surface area contributed by atoms with Gasteiger partial charge in [-0.05, 0) is 44.7 Å². The normalized spacial score (nSPS) is 27.6. The summed E-state index contributed by atoms with van der Waals surface area (Å²) < 4.78 is 5.85. The third-order valence-corrected chi connectivity index (χ3v) is 6.51. The SMILES string of the molecule is CCO[C@@H]1C[C@H](O)C12CCN(c1cc(C(=O)N3CCCC3)ccn1)CC2. The molecule has 1 amide bonds. The predicted octanol–water partition coefficient (Wildman–Crippen LogP) is 2.07. The molecule has 0 radical (unpaired) electrons. The second-order valence-electron chi connectivity index (χ2n) is 7.82. The molecule has 1 aromatic heterocycles. The molecule has 0 unspecified atom stereocenters. The van der Waals surface area contributed by atoms with Gasteiger partial charge in [-0.15, -0.1) is 0 Å². The lowest BCUT2D eigenvalue weighted by atomic mass is 9.58. The number of aliphatic hydroxyl groups excluding tert-OH is 1. The highest BCUT2D eigenvalue weighted by Gasteiger charge is 2.56. The van der Waals surface area contributed by atoms with Crippen molar-refractivity contribution in [2.24, 2.45) is 5.41 Å². The van der Waals surface area contributed by atoms with Crippen LogP contribution in [-0.2, 0) is 4.74 Å². The summed E-state index contributed by atoms with van der Waals surface area (Å²) in [6.07, 6.45) is 6.44. The van der Waals surface area contributed by atoms with Gasteiger partial charge < -0.3 is 19.6 Å². The monoisotopic (exact) mass is 359 g/mol. The summed E-state index contributed by atoms with van der Waals surface area (Å²) in [4.78, 5) is 21.3. The molecule has 1 spiro atoms. The van der Waals surface area contributed by atoms with Gasteiger partial charge in [0.2, 0.25) is 0 Å². The Hall–Kier alpha value is -1.66. The summed E-state index contributed by atoms with van der Waals surface area (Å²) in [7, 11) is 0. The minimum absolute atomic E-state index is 0.0878. The van der Waals surface area contributed by atoms with Crippen molar-refractivity contribution in [3.8, 4) is 0 Å². The second kappa shape index (κ2) is 7.16. The van der Waals surface area contributed by atoms with Crippen molar-refractivity contribution in [2.45, 2.75) is 51.2 Å². The average molecular weight is 359 g/mol. The van der Waals surface area contributed by atoms with E-state index in [1.807, 2.05) is 24.0 Å². The molecular formula is C20H29N3O3. The summed E-state index contributed by atoms with van der Waals surface area (Å²) in [5.74, 6) is 0.983. The molecule has 1 aromatic rings. The molecule has 2 atom stereocenters. The van der Waals surface area contributed by atoms with Crippen molar-refractivity contribution in [2.75, 3.05) is 37.7 Å². The molecule has 6 heteroatoms. The van der Waals surface area contributed by atoms with E-state index in [4.69, 9.17) is 4.74 Å². The van der Waals surface area contributed by atoms with E-state index in [0.29, 0.717) is 6.61 Å². The standard InChI is InChI=1S/C20H29N3O3/c1-2-26-17-14-16(24)20(17)6-11-22(12-7-20)18-13-15(5-8-21-18)19(25)23-9-3-4-10-23/h5,8,13,16-17,24H,2-4,6-7,9-12,14H2,1H3/t16-,17+/m0/s1. The smallest absolute Gasteiger partial charge is 0.254 e. The Kier molecular flexibility index (Phi) is 4.88. The molecule has 3 aliphatic rings. The molecule has 6 nitrogen and oxygen atoms in total. The third kappa shape index (κ3) is 2.99. The number of carbonyl (C=O) groups excluding carboxylic acids is 1. The maximum absolute atomic E-state index is 12.6. The van der Waals surface area contributed by atoms with Crippen LogP contribution in [0, 0.1) is 5.41 Å². The number of pyridine rings is 1. The minimum atomic E-state index is -0.253. The number of ether oxygens (including phenoxy) is 1. The lowest BCUT2D eigenvalue weighted by molar-refractivity contribution is -0.199. The van der Waals surface area contributed by atoms with Crippen molar-refractivity contribution in [1.82, 2.24) is 9.88 Å². The number of rotatable bonds is 4. The second-order valence-corrected chi connectivity index (χ2v) is 7.82. The third-order valence-electron chi connectivity index (χ3n) is 6.51. The molecule has 0 aromatic carbocycles. The lowest BCUT2D eigenvalue weighted by Crippen LogP contribution is -2.62. The number of anilines is 1. The van der Waals surface area contributed by atoms with Crippen LogP contribution in [0.4, 0.5) is 5.82 Å². The van der Waals surface area contributed by atoms with Crippen molar-refractivity contribution in [1.29, 1.82) is 0 Å². The van der Waals surface area contributed by atoms with E-state index in [9.17, 15) is 9.90 Å². The maximum atomic E-state index is 12.6. The molecule has 3 heterocycles. The van der Waals surface area contributed by atoms with Crippen LogP contribution in [0.15, 0.2) is 18.3 Å². The van der Waals surface area contributed by atoms with Gasteiger partial charge in [-0.3, -0.25) is 4.79 Å². The number of aliphatic hydroxyl groups is 1. The van der Waals surface area contributed by atoms with Gasteiger partial charge in [-0.25, -0.2) is 4.98 Å². The first-order chi connectivity index (χ1) is 12.6. The highest BCUT2D eigenvalue weighted by atomic mass is 16.5. The fourth-order valence-corrected chi connectivity index (χ4v) is 4.80. The number of aromatic nitrogens is 1. The predicted molar refractivity (Wildman–Crippen MR) is 99.3 cm³/mol. The number of piperidine rings is 1. The number of likely N-dealkylation sites (tertiary alicyclic amines) is 1. The van der Waals surface area contributed by atoms with Gasteiger partial charge in [-0.2, -0.15) is 0 Å².